The third-order valence-electron chi connectivity index (χ3n) is 5.00. The highest BCUT2D eigenvalue weighted by molar-refractivity contribution is 5.94. The van der Waals surface area contributed by atoms with Crippen molar-refractivity contribution in [3.63, 3.8) is 0 Å². The zero-order chi connectivity index (χ0) is 20.8. The van der Waals surface area contributed by atoms with E-state index in [-0.39, 0.29) is 11.9 Å². The molecule has 0 aromatic heterocycles. The molecule has 3 rings (SSSR count). The zero-order valence-corrected chi connectivity index (χ0v) is 16.3. The van der Waals surface area contributed by atoms with E-state index in [9.17, 15) is 19.5 Å². The molecule has 1 heterocycles. The standard InChI is InChI=1S/C22H25N3O4/c1-15-7-5-10-17(13-15)23-22(29)24-18-11-6-12-19(16-8-3-2-4-9-16)25(21(18)28)14-20(26)27/h2-5,7-10,13,18-19H,6,11-12,14H2,1H3,(H,26,27)(H2,23,24,29). The van der Waals surface area contributed by atoms with Crippen LogP contribution in [0.5, 0.6) is 0 Å². The molecule has 0 radical (unpaired) electrons. The fraction of sp³-hybridized carbons (Fsp3) is 0.318. The largest absolute Gasteiger partial charge is 0.480 e. The molecule has 0 spiro atoms. The van der Waals surface area contributed by atoms with Crippen molar-refractivity contribution in [1.82, 2.24) is 10.2 Å². The summed E-state index contributed by atoms with van der Waals surface area (Å²) in [5.74, 6) is -1.46. The first-order valence-electron chi connectivity index (χ1n) is 9.65. The Balaban J connectivity index is 1.75. The number of carbonyl (C=O) groups is 3. The quantitative estimate of drug-likeness (QED) is 0.723. The Labute approximate surface area is 169 Å². The Morgan fingerprint density at radius 2 is 1.86 bits per heavy atom. The molecule has 1 saturated heterocycles. The predicted molar refractivity (Wildman–Crippen MR) is 110 cm³/mol. The number of aryl methyl sites for hydroxylation is 1. The van der Waals surface area contributed by atoms with Crippen molar-refractivity contribution in [2.45, 2.75) is 38.3 Å². The van der Waals surface area contributed by atoms with Gasteiger partial charge >= 0.3 is 12.0 Å². The van der Waals surface area contributed by atoms with E-state index in [1.807, 2.05) is 55.5 Å². The number of aliphatic carboxylic acids is 1. The Kier molecular flexibility index (Phi) is 6.49. The van der Waals surface area contributed by atoms with Gasteiger partial charge in [0.05, 0.1) is 6.04 Å². The van der Waals surface area contributed by atoms with Crippen molar-refractivity contribution >= 4 is 23.6 Å². The van der Waals surface area contributed by atoms with Gasteiger partial charge in [0.1, 0.15) is 12.6 Å². The van der Waals surface area contributed by atoms with Gasteiger partial charge in [-0.25, -0.2) is 4.79 Å². The van der Waals surface area contributed by atoms with E-state index in [1.165, 1.54) is 4.90 Å². The number of amides is 3. The molecular formula is C22H25N3O4. The van der Waals surface area contributed by atoms with Gasteiger partial charge in [-0.3, -0.25) is 9.59 Å². The summed E-state index contributed by atoms with van der Waals surface area (Å²) in [5, 5.41) is 14.8. The lowest BCUT2D eigenvalue weighted by atomic mass is 10.0. The second kappa shape index (κ2) is 9.23. The van der Waals surface area contributed by atoms with Crippen LogP contribution in [0.2, 0.25) is 0 Å². The van der Waals surface area contributed by atoms with Gasteiger partial charge in [0.25, 0.3) is 0 Å². The van der Waals surface area contributed by atoms with Gasteiger partial charge in [0.2, 0.25) is 5.91 Å². The van der Waals surface area contributed by atoms with E-state index < -0.39 is 24.6 Å². The molecule has 29 heavy (non-hydrogen) atoms. The van der Waals surface area contributed by atoms with Crippen LogP contribution in [-0.2, 0) is 9.59 Å². The Bertz CT molecular complexity index is 885. The average molecular weight is 395 g/mol. The first-order valence-corrected chi connectivity index (χ1v) is 9.65. The number of carbonyl (C=O) groups excluding carboxylic acids is 2. The molecule has 0 bridgehead atoms. The smallest absolute Gasteiger partial charge is 0.323 e. The molecule has 7 heteroatoms. The first kappa shape index (κ1) is 20.4. The van der Waals surface area contributed by atoms with Gasteiger partial charge in [-0.1, -0.05) is 42.5 Å². The summed E-state index contributed by atoms with van der Waals surface area (Å²) >= 11 is 0. The fourth-order valence-electron chi connectivity index (χ4n) is 3.69. The van der Waals surface area contributed by atoms with Crippen molar-refractivity contribution < 1.29 is 19.5 Å². The molecule has 0 saturated carbocycles. The van der Waals surface area contributed by atoms with Crippen LogP contribution >= 0.6 is 0 Å². The molecule has 1 fully saturated rings. The molecule has 2 unspecified atom stereocenters. The van der Waals surface area contributed by atoms with Gasteiger partial charge < -0.3 is 20.6 Å². The van der Waals surface area contributed by atoms with Crippen molar-refractivity contribution in [1.29, 1.82) is 0 Å². The molecule has 3 N–H and O–H groups in total. The van der Waals surface area contributed by atoms with Crippen LogP contribution in [0.4, 0.5) is 10.5 Å². The Morgan fingerprint density at radius 1 is 1.10 bits per heavy atom. The lowest BCUT2D eigenvalue weighted by Gasteiger charge is -2.31. The Hall–Kier alpha value is -3.35. The topological polar surface area (TPSA) is 98.7 Å². The summed E-state index contributed by atoms with van der Waals surface area (Å²) in [4.78, 5) is 38.3. The van der Waals surface area contributed by atoms with E-state index in [4.69, 9.17) is 0 Å². The monoisotopic (exact) mass is 395 g/mol. The van der Waals surface area contributed by atoms with Crippen LogP contribution < -0.4 is 10.6 Å². The van der Waals surface area contributed by atoms with Gasteiger partial charge in [-0.15, -0.1) is 0 Å². The number of carboxylic acids is 1. The number of nitrogens with zero attached hydrogens (tertiary/aromatic N) is 1. The van der Waals surface area contributed by atoms with Crippen LogP contribution in [-0.4, -0.2) is 40.5 Å². The Morgan fingerprint density at radius 3 is 2.55 bits per heavy atom. The van der Waals surface area contributed by atoms with E-state index in [0.717, 1.165) is 11.1 Å². The number of urea groups is 1. The van der Waals surface area contributed by atoms with Gasteiger partial charge in [-0.2, -0.15) is 0 Å². The number of rotatable bonds is 5. The van der Waals surface area contributed by atoms with E-state index in [1.54, 1.807) is 6.07 Å². The number of hydrogen-bond acceptors (Lipinski definition) is 3. The molecule has 2 aromatic carbocycles. The minimum Gasteiger partial charge on any atom is -0.480 e. The SMILES string of the molecule is Cc1cccc(NC(=O)NC2CCCC(c3ccccc3)N(CC(=O)O)C2=O)c1. The molecule has 2 atom stereocenters. The van der Waals surface area contributed by atoms with Crippen LogP contribution in [0.15, 0.2) is 54.6 Å². The predicted octanol–water partition coefficient (Wildman–Crippen LogP) is 3.32. The van der Waals surface area contributed by atoms with Crippen LogP contribution in [0.25, 0.3) is 0 Å². The number of hydrogen-bond donors (Lipinski definition) is 3. The zero-order valence-electron chi connectivity index (χ0n) is 16.3. The van der Waals surface area contributed by atoms with Gasteiger partial charge in [0.15, 0.2) is 0 Å². The molecule has 7 nitrogen and oxygen atoms in total. The molecule has 1 aliphatic rings. The highest BCUT2D eigenvalue weighted by Gasteiger charge is 2.35. The molecule has 3 amide bonds. The van der Waals surface area contributed by atoms with E-state index in [0.29, 0.717) is 24.9 Å². The number of anilines is 1. The van der Waals surface area contributed by atoms with Crippen LogP contribution in [0.1, 0.15) is 36.4 Å². The molecule has 152 valence electrons. The fourth-order valence-corrected chi connectivity index (χ4v) is 3.69. The maximum atomic E-state index is 13.1. The van der Waals surface area contributed by atoms with E-state index >= 15 is 0 Å². The van der Waals surface area contributed by atoms with Crippen molar-refractivity contribution in [3.8, 4) is 0 Å². The van der Waals surface area contributed by atoms with Crippen LogP contribution in [0, 0.1) is 6.92 Å². The second-order valence-electron chi connectivity index (χ2n) is 7.24. The maximum Gasteiger partial charge on any atom is 0.323 e. The lowest BCUT2D eigenvalue weighted by Crippen LogP contribution is -2.50. The van der Waals surface area contributed by atoms with Crippen molar-refractivity contribution in [2.75, 3.05) is 11.9 Å². The number of carboxylic acid groups (broad SMARTS) is 1. The van der Waals surface area contributed by atoms with Crippen molar-refractivity contribution in [2.24, 2.45) is 0 Å². The highest BCUT2D eigenvalue weighted by atomic mass is 16.4. The number of likely N-dealkylation sites (tertiary alicyclic amines) is 1. The second-order valence-corrected chi connectivity index (χ2v) is 7.24. The lowest BCUT2D eigenvalue weighted by molar-refractivity contribution is -0.146. The molecular weight excluding hydrogens is 370 g/mol. The minimum atomic E-state index is -1.08. The third-order valence-corrected chi connectivity index (χ3v) is 5.00. The normalized spacial score (nSPS) is 19.3. The van der Waals surface area contributed by atoms with Gasteiger partial charge in [-0.05, 0) is 49.4 Å². The molecule has 0 aliphatic carbocycles. The van der Waals surface area contributed by atoms with E-state index in [2.05, 4.69) is 10.6 Å². The summed E-state index contributed by atoms with van der Waals surface area (Å²) in [7, 11) is 0. The average Bonchev–Trinajstić information content (AvgIpc) is 2.82. The maximum absolute atomic E-state index is 13.1. The first-order chi connectivity index (χ1) is 13.9. The molecule has 2 aromatic rings. The number of benzene rings is 2. The minimum absolute atomic E-state index is 0.327. The highest BCUT2D eigenvalue weighted by Crippen LogP contribution is 2.30. The van der Waals surface area contributed by atoms with Crippen LogP contribution in [0.3, 0.4) is 0 Å². The summed E-state index contributed by atoms with van der Waals surface area (Å²) in [6, 6.07) is 15.2. The van der Waals surface area contributed by atoms with Gasteiger partial charge in [0, 0.05) is 5.69 Å². The summed E-state index contributed by atoms with van der Waals surface area (Å²) < 4.78 is 0. The molecule has 1 aliphatic heterocycles. The summed E-state index contributed by atoms with van der Waals surface area (Å²) in [6.45, 7) is 1.52. The summed E-state index contributed by atoms with van der Waals surface area (Å²) in [5.41, 5.74) is 2.53. The summed E-state index contributed by atoms with van der Waals surface area (Å²) in [6.07, 6.45) is 1.79. The third kappa shape index (κ3) is 5.34. The van der Waals surface area contributed by atoms with Crippen molar-refractivity contribution in [3.05, 3.63) is 65.7 Å². The number of nitrogens with one attached hydrogen (secondary N) is 2.